The number of nitrogens with one attached hydrogen (secondary N) is 2. The van der Waals surface area contributed by atoms with Crippen LogP contribution in [0.1, 0.15) is 28.8 Å². The normalized spacial score (nSPS) is 10.7. The van der Waals surface area contributed by atoms with E-state index in [1.165, 1.54) is 11.8 Å². The molecule has 0 radical (unpaired) electrons. The number of carbonyl (C=O) groups is 2. The van der Waals surface area contributed by atoms with Crippen LogP contribution in [0.3, 0.4) is 0 Å². The number of hydrogen-bond donors (Lipinski definition) is 2. The van der Waals surface area contributed by atoms with Crippen molar-refractivity contribution in [2.45, 2.75) is 25.5 Å². The molecule has 0 spiro atoms. The molecule has 0 aliphatic rings. The highest BCUT2D eigenvalue weighted by Gasteiger charge is 2.12. The van der Waals surface area contributed by atoms with Gasteiger partial charge in [-0.05, 0) is 62.4 Å². The van der Waals surface area contributed by atoms with E-state index in [2.05, 4.69) is 15.6 Å². The molecule has 0 unspecified atom stereocenters. The summed E-state index contributed by atoms with van der Waals surface area (Å²) in [4.78, 5) is 29.3. The summed E-state index contributed by atoms with van der Waals surface area (Å²) in [5.74, 6) is 1.99. The van der Waals surface area contributed by atoms with Crippen LogP contribution in [0.25, 0.3) is 5.69 Å². The molecule has 8 nitrogen and oxygen atoms in total. The third kappa shape index (κ3) is 6.33. The largest absolute Gasteiger partial charge is 0.492 e. The first-order chi connectivity index (χ1) is 17.0. The number of aryl methyl sites for hydroxylation is 1. The molecule has 180 valence electrons. The Morgan fingerprint density at radius 2 is 1.89 bits per heavy atom. The van der Waals surface area contributed by atoms with E-state index in [1.54, 1.807) is 18.3 Å². The number of aromatic nitrogens is 2. The van der Waals surface area contributed by atoms with E-state index in [4.69, 9.17) is 9.15 Å². The van der Waals surface area contributed by atoms with Crippen LogP contribution in [0, 0.1) is 6.92 Å². The van der Waals surface area contributed by atoms with Gasteiger partial charge in [0.2, 0.25) is 5.91 Å². The molecule has 2 aromatic heterocycles. The molecule has 2 N–H and O–H groups in total. The molecular weight excluding hydrogens is 464 g/mol. The minimum atomic E-state index is -0.185. The zero-order valence-electron chi connectivity index (χ0n) is 19.5. The van der Waals surface area contributed by atoms with E-state index in [1.807, 2.05) is 73.1 Å². The summed E-state index contributed by atoms with van der Waals surface area (Å²) in [5, 5.41) is 6.41. The zero-order valence-corrected chi connectivity index (χ0v) is 20.3. The molecule has 0 aliphatic heterocycles. The van der Waals surface area contributed by atoms with Crippen molar-refractivity contribution >= 4 is 29.3 Å². The first-order valence-corrected chi connectivity index (χ1v) is 12.1. The van der Waals surface area contributed by atoms with Gasteiger partial charge in [-0.25, -0.2) is 4.98 Å². The molecular formula is C26H26N4O4S. The van der Waals surface area contributed by atoms with Crippen molar-refractivity contribution in [3.8, 4) is 11.4 Å². The van der Waals surface area contributed by atoms with Crippen molar-refractivity contribution in [2.75, 3.05) is 17.7 Å². The summed E-state index contributed by atoms with van der Waals surface area (Å²) in [6, 6.07) is 18.2. The lowest BCUT2D eigenvalue weighted by molar-refractivity contribution is -0.113. The minimum Gasteiger partial charge on any atom is -0.492 e. The maximum atomic E-state index is 12.5. The van der Waals surface area contributed by atoms with Crippen LogP contribution in [0.2, 0.25) is 0 Å². The van der Waals surface area contributed by atoms with E-state index in [9.17, 15) is 9.59 Å². The van der Waals surface area contributed by atoms with Gasteiger partial charge in [0.1, 0.15) is 17.3 Å². The van der Waals surface area contributed by atoms with E-state index in [0.29, 0.717) is 41.1 Å². The lowest BCUT2D eigenvalue weighted by atomic mass is 10.2. The number of anilines is 1. The fourth-order valence-corrected chi connectivity index (χ4v) is 4.16. The third-order valence-corrected chi connectivity index (χ3v) is 5.99. The van der Waals surface area contributed by atoms with Crippen LogP contribution in [0.4, 0.5) is 5.69 Å². The van der Waals surface area contributed by atoms with Gasteiger partial charge in [0.15, 0.2) is 5.16 Å². The van der Waals surface area contributed by atoms with Gasteiger partial charge in [0.05, 0.1) is 24.6 Å². The molecule has 0 atom stereocenters. The van der Waals surface area contributed by atoms with Gasteiger partial charge < -0.3 is 19.8 Å². The maximum absolute atomic E-state index is 12.5. The van der Waals surface area contributed by atoms with Crippen molar-refractivity contribution in [1.82, 2.24) is 14.9 Å². The molecule has 2 aromatic carbocycles. The number of ether oxygens (including phenoxy) is 1. The monoisotopic (exact) mass is 490 g/mol. The van der Waals surface area contributed by atoms with Gasteiger partial charge in [-0.3, -0.25) is 14.2 Å². The Hall–Kier alpha value is -3.98. The first-order valence-electron chi connectivity index (χ1n) is 11.1. The molecule has 0 bridgehead atoms. The van der Waals surface area contributed by atoms with Gasteiger partial charge in [-0.1, -0.05) is 23.9 Å². The summed E-state index contributed by atoms with van der Waals surface area (Å²) in [5.41, 5.74) is 2.02. The number of rotatable bonds is 10. The van der Waals surface area contributed by atoms with Crippen LogP contribution in [-0.4, -0.2) is 33.7 Å². The number of thioether (sulfide) groups is 1. The molecule has 0 fully saturated rings. The Labute approximate surface area is 207 Å². The second-order valence-corrected chi connectivity index (χ2v) is 8.53. The SMILES string of the molecule is CCOc1ccccc1NC(=O)CSc1nccn1-c1ccc(C(=O)NCc2ccc(C)o2)cc1. The van der Waals surface area contributed by atoms with Crippen molar-refractivity contribution in [2.24, 2.45) is 0 Å². The molecule has 9 heteroatoms. The van der Waals surface area contributed by atoms with Crippen LogP contribution in [0.15, 0.2) is 82.6 Å². The van der Waals surface area contributed by atoms with Gasteiger partial charge in [0, 0.05) is 23.6 Å². The third-order valence-electron chi connectivity index (χ3n) is 5.03. The fraction of sp³-hybridized carbons (Fsp3) is 0.192. The molecule has 2 amide bonds. The lowest BCUT2D eigenvalue weighted by Crippen LogP contribution is -2.22. The number of imidazole rings is 1. The van der Waals surface area contributed by atoms with E-state index in [0.717, 1.165) is 11.4 Å². The molecule has 4 aromatic rings. The second kappa shape index (κ2) is 11.4. The van der Waals surface area contributed by atoms with Crippen LogP contribution < -0.4 is 15.4 Å². The predicted molar refractivity (Wildman–Crippen MR) is 135 cm³/mol. The van der Waals surface area contributed by atoms with Gasteiger partial charge in [-0.15, -0.1) is 0 Å². The van der Waals surface area contributed by atoms with Gasteiger partial charge >= 0.3 is 0 Å². The van der Waals surface area contributed by atoms with Crippen molar-refractivity contribution in [3.63, 3.8) is 0 Å². The van der Waals surface area contributed by atoms with Crippen LogP contribution >= 0.6 is 11.8 Å². The molecule has 0 saturated carbocycles. The Bertz CT molecular complexity index is 1300. The van der Waals surface area contributed by atoms with E-state index in [-0.39, 0.29) is 17.6 Å². The Kier molecular flexibility index (Phi) is 7.89. The van der Waals surface area contributed by atoms with Crippen LogP contribution in [0.5, 0.6) is 5.75 Å². The molecule has 2 heterocycles. The topological polar surface area (TPSA) is 98.4 Å². The summed E-state index contributed by atoms with van der Waals surface area (Å²) >= 11 is 1.32. The minimum absolute atomic E-state index is 0.157. The predicted octanol–water partition coefficient (Wildman–Crippen LogP) is 4.83. The molecule has 4 rings (SSSR count). The highest BCUT2D eigenvalue weighted by molar-refractivity contribution is 7.99. The number of carbonyl (C=O) groups excluding carboxylic acids is 2. The highest BCUT2D eigenvalue weighted by atomic mass is 32.2. The summed E-state index contributed by atoms with van der Waals surface area (Å²) in [7, 11) is 0. The molecule has 0 aliphatic carbocycles. The molecule has 0 saturated heterocycles. The van der Waals surface area contributed by atoms with Crippen molar-refractivity contribution < 1.29 is 18.7 Å². The summed E-state index contributed by atoms with van der Waals surface area (Å²) in [6.45, 7) is 4.60. The van der Waals surface area contributed by atoms with E-state index >= 15 is 0 Å². The van der Waals surface area contributed by atoms with Crippen molar-refractivity contribution in [3.05, 3.63) is 90.1 Å². The van der Waals surface area contributed by atoms with Crippen molar-refractivity contribution in [1.29, 1.82) is 0 Å². The Morgan fingerprint density at radius 1 is 1.09 bits per heavy atom. The Balaban J connectivity index is 1.34. The number of hydrogen-bond acceptors (Lipinski definition) is 6. The average Bonchev–Trinajstić information content (AvgIpc) is 3.51. The second-order valence-electron chi connectivity index (χ2n) is 7.59. The highest BCUT2D eigenvalue weighted by Crippen LogP contribution is 2.25. The quantitative estimate of drug-likeness (QED) is 0.309. The van der Waals surface area contributed by atoms with Gasteiger partial charge in [0.25, 0.3) is 5.91 Å². The van der Waals surface area contributed by atoms with Gasteiger partial charge in [-0.2, -0.15) is 0 Å². The zero-order chi connectivity index (χ0) is 24.6. The Morgan fingerprint density at radius 3 is 2.63 bits per heavy atom. The lowest BCUT2D eigenvalue weighted by Gasteiger charge is -2.11. The first kappa shape index (κ1) is 24.2. The number of benzene rings is 2. The van der Waals surface area contributed by atoms with Crippen LogP contribution in [-0.2, 0) is 11.3 Å². The standard InChI is InChI=1S/C26H26N4O4S/c1-3-33-23-7-5-4-6-22(23)29-24(31)17-35-26-27-14-15-30(26)20-11-9-19(10-12-20)25(32)28-16-21-13-8-18(2)34-21/h4-15H,3,16-17H2,1-2H3,(H,28,32)(H,29,31). The molecule has 35 heavy (non-hydrogen) atoms. The number of nitrogens with zero attached hydrogens (tertiary/aromatic N) is 2. The number of para-hydroxylation sites is 2. The number of furan rings is 1. The average molecular weight is 491 g/mol. The summed E-state index contributed by atoms with van der Waals surface area (Å²) in [6.07, 6.45) is 3.50. The van der Waals surface area contributed by atoms with E-state index < -0.39 is 0 Å². The maximum Gasteiger partial charge on any atom is 0.251 e. The number of amides is 2. The fourth-order valence-electron chi connectivity index (χ4n) is 3.38. The smallest absolute Gasteiger partial charge is 0.251 e. The summed E-state index contributed by atoms with van der Waals surface area (Å²) < 4.78 is 12.9.